The van der Waals surface area contributed by atoms with Crippen molar-refractivity contribution in [1.29, 1.82) is 0 Å². The SMILES string of the molecule is COC(=O)c1ccc([C@H]2N=C(c3cccc(OC)c3)C[C@H](c3ccccc3O)N2)cc1. The van der Waals surface area contributed by atoms with Crippen LogP contribution in [0.2, 0.25) is 0 Å². The van der Waals surface area contributed by atoms with E-state index in [9.17, 15) is 9.90 Å². The summed E-state index contributed by atoms with van der Waals surface area (Å²) in [6, 6.07) is 22.2. The van der Waals surface area contributed by atoms with Gasteiger partial charge in [0, 0.05) is 23.7 Å². The molecule has 0 bridgehead atoms. The van der Waals surface area contributed by atoms with E-state index in [1.807, 2.05) is 54.6 Å². The number of esters is 1. The predicted octanol–water partition coefficient (Wildman–Crippen LogP) is 4.41. The number of phenolic OH excluding ortho intramolecular Hbond substituents is 1. The molecule has 2 N–H and O–H groups in total. The first-order valence-electron chi connectivity index (χ1n) is 10.0. The first-order valence-corrected chi connectivity index (χ1v) is 10.0. The van der Waals surface area contributed by atoms with Crippen molar-refractivity contribution in [2.24, 2.45) is 4.99 Å². The molecule has 6 heteroatoms. The van der Waals surface area contributed by atoms with Gasteiger partial charge in [-0.05, 0) is 41.5 Å². The Kier molecular flexibility index (Phi) is 6.00. The number of para-hydroxylation sites is 1. The Morgan fingerprint density at radius 1 is 1.03 bits per heavy atom. The van der Waals surface area contributed by atoms with E-state index in [1.54, 1.807) is 25.3 Å². The van der Waals surface area contributed by atoms with E-state index in [2.05, 4.69) is 5.32 Å². The van der Waals surface area contributed by atoms with Crippen LogP contribution in [0.5, 0.6) is 11.5 Å². The molecule has 0 radical (unpaired) electrons. The first-order chi connectivity index (χ1) is 15.1. The van der Waals surface area contributed by atoms with Crippen molar-refractivity contribution in [2.45, 2.75) is 18.6 Å². The topological polar surface area (TPSA) is 80.2 Å². The Bertz CT molecular complexity index is 1110. The third-order valence-electron chi connectivity index (χ3n) is 5.40. The molecule has 3 aromatic rings. The molecule has 2 atom stereocenters. The lowest BCUT2D eigenvalue weighted by Crippen LogP contribution is -2.33. The number of rotatable bonds is 5. The molecule has 0 saturated heterocycles. The van der Waals surface area contributed by atoms with Gasteiger partial charge < -0.3 is 14.6 Å². The highest BCUT2D eigenvalue weighted by Gasteiger charge is 2.27. The zero-order valence-corrected chi connectivity index (χ0v) is 17.4. The van der Waals surface area contributed by atoms with Crippen LogP contribution < -0.4 is 10.1 Å². The fraction of sp³-hybridized carbons (Fsp3) is 0.200. The number of hydrogen-bond donors (Lipinski definition) is 2. The van der Waals surface area contributed by atoms with Gasteiger partial charge in [-0.2, -0.15) is 0 Å². The maximum atomic E-state index is 11.8. The molecule has 0 amide bonds. The fourth-order valence-electron chi connectivity index (χ4n) is 3.76. The van der Waals surface area contributed by atoms with Crippen molar-refractivity contribution in [3.05, 3.63) is 95.1 Å². The van der Waals surface area contributed by atoms with E-state index >= 15 is 0 Å². The average Bonchev–Trinajstić information content (AvgIpc) is 2.83. The fourth-order valence-corrected chi connectivity index (χ4v) is 3.76. The minimum absolute atomic E-state index is 0.134. The van der Waals surface area contributed by atoms with Crippen molar-refractivity contribution >= 4 is 11.7 Å². The quantitative estimate of drug-likeness (QED) is 0.602. The van der Waals surface area contributed by atoms with Gasteiger partial charge in [-0.1, -0.05) is 42.5 Å². The highest BCUT2D eigenvalue weighted by molar-refractivity contribution is 6.02. The monoisotopic (exact) mass is 416 g/mol. The lowest BCUT2D eigenvalue weighted by atomic mass is 9.93. The van der Waals surface area contributed by atoms with E-state index in [-0.39, 0.29) is 23.9 Å². The third kappa shape index (κ3) is 4.44. The molecule has 0 saturated carbocycles. The highest BCUT2D eigenvalue weighted by Crippen LogP contribution is 2.34. The molecular weight excluding hydrogens is 392 g/mol. The zero-order chi connectivity index (χ0) is 21.8. The Morgan fingerprint density at radius 3 is 2.52 bits per heavy atom. The molecule has 0 fully saturated rings. The molecule has 3 aromatic carbocycles. The van der Waals surface area contributed by atoms with Gasteiger partial charge in [-0.3, -0.25) is 10.3 Å². The van der Waals surface area contributed by atoms with Gasteiger partial charge in [-0.15, -0.1) is 0 Å². The molecule has 1 aliphatic rings. The van der Waals surface area contributed by atoms with Crippen LogP contribution in [0.15, 0.2) is 77.8 Å². The third-order valence-corrected chi connectivity index (χ3v) is 5.40. The molecule has 0 aromatic heterocycles. The maximum absolute atomic E-state index is 11.8. The molecule has 158 valence electrons. The lowest BCUT2D eigenvalue weighted by molar-refractivity contribution is 0.0600. The van der Waals surface area contributed by atoms with Crippen LogP contribution in [0.3, 0.4) is 0 Å². The number of aromatic hydroxyl groups is 1. The Morgan fingerprint density at radius 2 is 1.81 bits per heavy atom. The van der Waals surface area contributed by atoms with Gasteiger partial charge in [0.05, 0.1) is 19.8 Å². The zero-order valence-electron chi connectivity index (χ0n) is 17.4. The minimum Gasteiger partial charge on any atom is -0.508 e. The van der Waals surface area contributed by atoms with Crippen molar-refractivity contribution in [3.63, 3.8) is 0 Å². The number of nitrogens with one attached hydrogen (secondary N) is 1. The highest BCUT2D eigenvalue weighted by atomic mass is 16.5. The number of benzene rings is 3. The summed E-state index contributed by atoms with van der Waals surface area (Å²) in [7, 11) is 3.00. The molecule has 4 rings (SSSR count). The first kappa shape index (κ1) is 20.6. The van der Waals surface area contributed by atoms with Crippen LogP contribution in [-0.4, -0.2) is 31.0 Å². The summed E-state index contributed by atoms with van der Waals surface area (Å²) in [4.78, 5) is 16.7. The maximum Gasteiger partial charge on any atom is 0.337 e. The summed E-state index contributed by atoms with van der Waals surface area (Å²) >= 11 is 0. The Balaban J connectivity index is 1.73. The molecule has 1 aliphatic heterocycles. The molecule has 0 unspecified atom stereocenters. The number of methoxy groups -OCH3 is 2. The van der Waals surface area contributed by atoms with Crippen LogP contribution in [0.25, 0.3) is 0 Å². The number of hydrogen-bond acceptors (Lipinski definition) is 6. The normalized spacial score (nSPS) is 18.2. The summed E-state index contributed by atoms with van der Waals surface area (Å²) in [5.74, 6) is 0.624. The van der Waals surface area contributed by atoms with Crippen molar-refractivity contribution < 1.29 is 19.4 Å². The van der Waals surface area contributed by atoms with Gasteiger partial charge in [0.1, 0.15) is 17.7 Å². The second-order valence-electron chi connectivity index (χ2n) is 7.31. The average molecular weight is 416 g/mol. The van der Waals surface area contributed by atoms with Crippen molar-refractivity contribution in [2.75, 3.05) is 14.2 Å². The van der Waals surface area contributed by atoms with Gasteiger partial charge >= 0.3 is 5.97 Å². The number of carbonyl (C=O) groups excluding carboxylic acids is 1. The van der Waals surface area contributed by atoms with Crippen LogP contribution in [0.4, 0.5) is 0 Å². The van der Waals surface area contributed by atoms with Crippen LogP contribution >= 0.6 is 0 Å². The second-order valence-corrected chi connectivity index (χ2v) is 7.31. The van der Waals surface area contributed by atoms with E-state index < -0.39 is 0 Å². The smallest absolute Gasteiger partial charge is 0.337 e. The van der Waals surface area contributed by atoms with E-state index in [0.29, 0.717) is 12.0 Å². The van der Waals surface area contributed by atoms with E-state index in [4.69, 9.17) is 14.5 Å². The molecule has 0 spiro atoms. The minimum atomic E-state index is -0.379. The van der Waals surface area contributed by atoms with E-state index in [1.165, 1.54) is 7.11 Å². The number of carbonyl (C=O) groups is 1. The lowest BCUT2D eigenvalue weighted by Gasteiger charge is -2.31. The summed E-state index contributed by atoms with van der Waals surface area (Å²) in [6.45, 7) is 0. The molecular formula is C25H24N2O4. The van der Waals surface area contributed by atoms with Gasteiger partial charge in [0.15, 0.2) is 0 Å². The van der Waals surface area contributed by atoms with Crippen LogP contribution in [-0.2, 0) is 4.74 Å². The van der Waals surface area contributed by atoms with Crippen LogP contribution in [0, 0.1) is 0 Å². The molecule has 0 aliphatic carbocycles. The summed E-state index contributed by atoms with van der Waals surface area (Å²) in [6.07, 6.45) is 0.271. The predicted molar refractivity (Wildman–Crippen MR) is 119 cm³/mol. The standard InChI is InChI=1S/C25H24N2O4/c1-30-19-7-5-6-18(14-19)21-15-22(20-8-3-4-9-23(20)28)27-24(26-21)16-10-12-17(13-11-16)25(29)31-2/h3-14,22,24,27-28H,15H2,1-2H3/t22-,24+/m1/s1. The number of aliphatic imine (C=N–C) groups is 1. The number of nitrogens with zero attached hydrogens (tertiary/aromatic N) is 1. The number of ether oxygens (including phenoxy) is 2. The van der Waals surface area contributed by atoms with Crippen molar-refractivity contribution in [3.8, 4) is 11.5 Å². The number of phenols is 1. The van der Waals surface area contributed by atoms with Gasteiger partial charge in [-0.25, -0.2) is 4.79 Å². The summed E-state index contributed by atoms with van der Waals surface area (Å²) in [5, 5.41) is 14.0. The van der Waals surface area contributed by atoms with Crippen molar-refractivity contribution in [1.82, 2.24) is 5.32 Å². The largest absolute Gasteiger partial charge is 0.508 e. The van der Waals surface area contributed by atoms with Gasteiger partial charge in [0.2, 0.25) is 0 Å². The Labute approximate surface area is 181 Å². The Hall–Kier alpha value is -3.64. The molecule has 31 heavy (non-hydrogen) atoms. The molecule has 6 nitrogen and oxygen atoms in total. The second kappa shape index (κ2) is 9.02. The molecule has 1 heterocycles. The van der Waals surface area contributed by atoms with Crippen LogP contribution in [0.1, 0.15) is 45.7 Å². The van der Waals surface area contributed by atoms with Gasteiger partial charge in [0.25, 0.3) is 0 Å². The van der Waals surface area contributed by atoms with E-state index in [0.717, 1.165) is 28.2 Å². The summed E-state index contributed by atoms with van der Waals surface area (Å²) < 4.78 is 10.2. The summed E-state index contributed by atoms with van der Waals surface area (Å²) in [5.41, 5.74) is 4.09.